The van der Waals surface area contributed by atoms with E-state index in [2.05, 4.69) is 22.4 Å². The maximum atomic E-state index is 12.3. The SMILES string of the molecule is Cc1c(OC2CCCC(NC(=O)C3CCOC3)C2)ccc2[nH]ncc12. The lowest BCUT2D eigenvalue weighted by molar-refractivity contribution is -0.126. The normalized spacial score (nSPS) is 26.7. The Labute approximate surface area is 147 Å². The number of fused-ring (bicyclic) bond motifs is 1. The molecule has 1 aromatic heterocycles. The van der Waals surface area contributed by atoms with Gasteiger partial charge in [0.2, 0.25) is 5.91 Å². The van der Waals surface area contributed by atoms with Crippen LogP contribution in [0.4, 0.5) is 0 Å². The second kappa shape index (κ2) is 7.04. The Morgan fingerprint density at radius 1 is 1.36 bits per heavy atom. The van der Waals surface area contributed by atoms with Crippen LogP contribution in [0.2, 0.25) is 0 Å². The molecule has 1 saturated carbocycles. The number of aromatic nitrogens is 2. The summed E-state index contributed by atoms with van der Waals surface area (Å²) >= 11 is 0. The average molecular weight is 343 g/mol. The summed E-state index contributed by atoms with van der Waals surface area (Å²) in [5, 5.41) is 11.4. The minimum absolute atomic E-state index is 0.0204. The molecule has 0 radical (unpaired) electrons. The van der Waals surface area contributed by atoms with Crippen LogP contribution in [-0.4, -0.2) is 41.5 Å². The van der Waals surface area contributed by atoms with Gasteiger partial charge in [0.25, 0.3) is 0 Å². The van der Waals surface area contributed by atoms with Crippen molar-refractivity contribution >= 4 is 16.8 Å². The summed E-state index contributed by atoms with van der Waals surface area (Å²) in [6.07, 6.45) is 6.81. The standard InChI is InChI=1S/C19H25N3O3/c1-12-16-10-20-22-17(16)5-6-18(12)25-15-4-2-3-14(9-15)21-19(23)13-7-8-24-11-13/h5-6,10,13-15H,2-4,7-9,11H2,1H3,(H,20,22)(H,21,23). The van der Waals surface area contributed by atoms with E-state index in [-0.39, 0.29) is 24.0 Å². The first-order valence-electron chi connectivity index (χ1n) is 9.18. The van der Waals surface area contributed by atoms with Gasteiger partial charge in [-0.15, -0.1) is 0 Å². The molecule has 2 fully saturated rings. The Morgan fingerprint density at radius 2 is 2.28 bits per heavy atom. The van der Waals surface area contributed by atoms with E-state index in [1.54, 1.807) is 0 Å². The summed E-state index contributed by atoms with van der Waals surface area (Å²) in [6.45, 7) is 3.32. The Hall–Kier alpha value is -2.08. The number of benzene rings is 1. The van der Waals surface area contributed by atoms with E-state index in [9.17, 15) is 4.79 Å². The van der Waals surface area contributed by atoms with Crippen molar-refractivity contribution in [3.05, 3.63) is 23.9 Å². The summed E-state index contributed by atoms with van der Waals surface area (Å²) in [7, 11) is 0. The quantitative estimate of drug-likeness (QED) is 0.895. The van der Waals surface area contributed by atoms with Crippen molar-refractivity contribution in [1.29, 1.82) is 0 Å². The van der Waals surface area contributed by atoms with Crippen LogP contribution in [-0.2, 0) is 9.53 Å². The van der Waals surface area contributed by atoms with E-state index in [4.69, 9.17) is 9.47 Å². The molecular weight excluding hydrogens is 318 g/mol. The third-order valence-corrected chi connectivity index (χ3v) is 5.41. The molecule has 1 saturated heterocycles. The topological polar surface area (TPSA) is 76.2 Å². The Bertz CT molecular complexity index is 751. The minimum Gasteiger partial charge on any atom is -0.490 e. The van der Waals surface area contributed by atoms with Crippen molar-refractivity contribution in [2.24, 2.45) is 5.92 Å². The molecule has 2 N–H and O–H groups in total. The summed E-state index contributed by atoms with van der Waals surface area (Å²) in [5.74, 6) is 1.07. The molecule has 0 spiro atoms. The minimum atomic E-state index is 0.0204. The van der Waals surface area contributed by atoms with Gasteiger partial charge in [-0.2, -0.15) is 5.10 Å². The van der Waals surface area contributed by atoms with Crippen LogP contribution in [0.5, 0.6) is 5.75 Å². The highest BCUT2D eigenvalue weighted by atomic mass is 16.5. The molecule has 3 unspecified atom stereocenters. The zero-order valence-electron chi connectivity index (χ0n) is 14.6. The van der Waals surface area contributed by atoms with Gasteiger partial charge in [0.05, 0.1) is 24.2 Å². The summed E-state index contributed by atoms with van der Waals surface area (Å²) in [5.41, 5.74) is 2.14. The van der Waals surface area contributed by atoms with Crippen molar-refractivity contribution in [1.82, 2.24) is 15.5 Å². The highest BCUT2D eigenvalue weighted by molar-refractivity contribution is 5.83. The number of carbonyl (C=O) groups excluding carboxylic acids is 1. The van der Waals surface area contributed by atoms with Crippen molar-refractivity contribution in [2.75, 3.05) is 13.2 Å². The van der Waals surface area contributed by atoms with E-state index in [0.29, 0.717) is 13.2 Å². The Morgan fingerprint density at radius 3 is 3.12 bits per heavy atom. The van der Waals surface area contributed by atoms with Crippen LogP contribution >= 0.6 is 0 Å². The molecule has 1 amide bonds. The van der Waals surface area contributed by atoms with Crippen LogP contribution in [0, 0.1) is 12.8 Å². The van der Waals surface area contributed by atoms with Gasteiger partial charge in [-0.05, 0) is 44.7 Å². The molecule has 6 nitrogen and oxygen atoms in total. The Balaban J connectivity index is 1.38. The number of aryl methyl sites for hydroxylation is 1. The van der Waals surface area contributed by atoms with Crippen molar-refractivity contribution in [3.8, 4) is 5.75 Å². The molecule has 4 rings (SSSR count). The molecule has 1 aromatic carbocycles. The van der Waals surface area contributed by atoms with E-state index >= 15 is 0 Å². The molecular formula is C19H25N3O3. The van der Waals surface area contributed by atoms with Gasteiger partial charge < -0.3 is 14.8 Å². The highest BCUT2D eigenvalue weighted by Gasteiger charge is 2.29. The first-order chi connectivity index (χ1) is 12.2. The van der Waals surface area contributed by atoms with Crippen LogP contribution in [0.15, 0.2) is 18.3 Å². The highest BCUT2D eigenvalue weighted by Crippen LogP contribution is 2.30. The number of hydrogen-bond acceptors (Lipinski definition) is 4. The largest absolute Gasteiger partial charge is 0.490 e. The van der Waals surface area contributed by atoms with Gasteiger partial charge in [-0.1, -0.05) is 0 Å². The molecule has 25 heavy (non-hydrogen) atoms. The molecule has 2 heterocycles. The van der Waals surface area contributed by atoms with Gasteiger partial charge >= 0.3 is 0 Å². The van der Waals surface area contributed by atoms with E-state index < -0.39 is 0 Å². The predicted octanol–water partition coefficient (Wildman–Crippen LogP) is 2.71. The Kier molecular flexibility index (Phi) is 4.61. The number of H-pyrrole nitrogens is 1. The molecule has 0 bridgehead atoms. The van der Waals surface area contributed by atoms with Crippen molar-refractivity contribution in [3.63, 3.8) is 0 Å². The molecule has 1 aliphatic heterocycles. The number of nitrogens with zero attached hydrogens (tertiary/aromatic N) is 1. The molecule has 3 atom stereocenters. The number of ether oxygens (including phenoxy) is 2. The van der Waals surface area contributed by atoms with Gasteiger partial charge in [0.15, 0.2) is 0 Å². The number of hydrogen-bond donors (Lipinski definition) is 2. The lowest BCUT2D eigenvalue weighted by atomic mass is 9.92. The average Bonchev–Trinajstić information content (AvgIpc) is 3.29. The summed E-state index contributed by atoms with van der Waals surface area (Å²) in [6, 6.07) is 4.21. The first kappa shape index (κ1) is 16.4. The number of carbonyl (C=O) groups is 1. The molecule has 1 aliphatic carbocycles. The van der Waals surface area contributed by atoms with Gasteiger partial charge in [0, 0.05) is 30.0 Å². The molecule has 2 aliphatic rings. The lowest BCUT2D eigenvalue weighted by Gasteiger charge is -2.31. The molecule has 6 heteroatoms. The third-order valence-electron chi connectivity index (χ3n) is 5.41. The maximum Gasteiger partial charge on any atom is 0.225 e. The molecule has 134 valence electrons. The maximum absolute atomic E-state index is 12.3. The third kappa shape index (κ3) is 3.49. The molecule has 2 aromatic rings. The fourth-order valence-electron chi connectivity index (χ4n) is 3.89. The predicted molar refractivity (Wildman–Crippen MR) is 94.6 cm³/mol. The second-order valence-electron chi connectivity index (χ2n) is 7.19. The summed E-state index contributed by atoms with van der Waals surface area (Å²) in [4.78, 5) is 12.3. The van der Waals surface area contributed by atoms with Crippen molar-refractivity contribution in [2.45, 2.75) is 51.2 Å². The number of nitrogens with one attached hydrogen (secondary N) is 2. The van der Waals surface area contributed by atoms with Gasteiger partial charge in [0.1, 0.15) is 11.9 Å². The lowest BCUT2D eigenvalue weighted by Crippen LogP contribution is -2.43. The van der Waals surface area contributed by atoms with Crippen molar-refractivity contribution < 1.29 is 14.3 Å². The monoisotopic (exact) mass is 343 g/mol. The van der Waals surface area contributed by atoms with E-state index in [1.165, 1.54) is 0 Å². The van der Waals surface area contributed by atoms with E-state index in [0.717, 1.165) is 54.3 Å². The number of amides is 1. The van der Waals surface area contributed by atoms with Gasteiger partial charge in [-0.3, -0.25) is 9.89 Å². The fraction of sp³-hybridized carbons (Fsp3) is 0.579. The smallest absolute Gasteiger partial charge is 0.225 e. The van der Waals surface area contributed by atoms with Gasteiger partial charge in [-0.25, -0.2) is 0 Å². The zero-order chi connectivity index (χ0) is 17.2. The second-order valence-corrected chi connectivity index (χ2v) is 7.19. The van der Waals surface area contributed by atoms with Crippen LogP contribution in [0.25, 0.3) is 10.9 Å². The fourth-order valence-corrected chi connectivity index (χ4v) is 3.89. The van der Waals surface area contributed by atoms with Crippen LogP contribution < -0.4 is 10.1 Å². The summed E-state index contributed by atoms with van der Waals surface area (Å²) < 4.78 is 11.6. The zero-order valence-corrected chi connectivity index (χ0v) is 14.6. The van der Waals surface area contributed by atoms with Crippen LogP contribution in [0.3, 0.4) is 0 Å². The first-order valence-corrected chi connectivity index (χ1v) is 9.18. The van der Waals surface area contributed by atoms with E-state index in [1.807, 2.05) is 18.3 Å². The number of aromatic amines is 1. The number of rotatable bonds is 4. The van der Waals surface area contributed by atoms with Crippen LogP contribution in [0.1, 0.15) is 37.7 Å².